The molecule has 3 nitrogen and oxygen atoms in total. The average molecular weight is 238 g/mol. The van der Waals surface area contributed by atoms with Gasteiger partial charge in [0.2, 0.25) is 5.78 Å². The third kappa shape index (κ3) is 2.31. The molecule has 0 aliphatic carbocycles. The lowest BCUT2D eigenvalue weighted by Gasteiger charge is -1.91. The quantitative estimate of drug-likeness (QED) is 0.828. The molecule has 0 radical (unpaired) electrons. The molecular weight excluding hydrogens is 228 g/mol. The standard InChI is InChI=1S/C10H10N2OS2/c11-4-3-9-12-7(6-15-9)10(13)8-2-1-5-14-8/h1-2,5-6H,3-4,11H2. The minimum Gasteiger partial charge on any atom is -0.330 e. The van der Waals surface area contributed by atoms with E-state index in [1.165, 1.54) is 22.7 Å². The Morgan fingerprint density at radius 3 is 3.00 bits per heavy atom. The van der Waals surface area contributed by atoms with Crippen LogP contribution in [0.2, 0.25) is 0 Å². The molecule has 0 aliphatic rings. The Morgan fingerprint density at radius 2 is 2.33 bits per heavy atom. The van der Waals surface area contributed by atoms with Crippen LogP contribution in [0.5, 0.6) is 0 Å². The number of carbonyl (C=O) groups is 1. The molecule has 0 atom stereocenters. The number of nitrogens with zero attached hydrogens (tertiary/aromatic N) is 1. The summed E-state index contributed by atoms with van der Waals surface area (Å²) in [6.07, 6.45) is 0.738. The van der Waals surface area contributed by atoms with Crippen molar-refractivity contribution in [1.29, 1.82) is 0 Å². The normalized spacial score (nSPS) is 10.5. The number of rotatable bonds is 4. The fourth-order valence-corrected chi connectivity index (χ4v) is 2.65. The molecule has 2 N–H and O–H groups in total. The molecule has 0 spiro atoms. The predicted octanol–water partition coefficient (Wildman–Crippen LogP) is 1.94. The molecule has 2 rings (SSSR count). The molecule has 0 saturated carbocycles. The summed E-state index contributed by atoms with van der Waals surface area (Å²) >= 11 is 2.93. The van der Waals surface area contributed by atoms with Crippen LogP contribution < -0.4 is 5.73 Å². The lowest BCUT2D eigenvalue weighted by Crippen LogP contribution is -2.04. The molecule has 15 heavy (non-hydrogen) atoms. The van der Waals surface area contributed by atoms with Gasteiger partial charge in [-0.3, -0.25) is 4.79 Å². The molecule has 0 bridgehead atoms. The van der Waals surface area contributed by atoms with Gasteiger partial charge in [-0.1, -0.05) is 6.07 Å². The molecule has 0 amide bonds. The molecule has 0 fully saturated rings. The second-order valence-corrected chi connectivity index (χ2v) is 4.86. The van der Waals surface area contributed by atoms with Crippen molar-refractivity contribution in [3.05, 3.63) is 38.5 Å². The minimum atomic E-state index is 0.00419. The van der Waals surface area contributed by atoms with E-state index in [9.17, 15) is 4.79 Å². The van der Waals surface area contributed by atoms with Gasteiger partial charge in [-0.15, -0.1) is 22.7 Å². The van der Waals surface area contributed by atoms with Gasteiger partial charge in [0.15, 0.2) is 0 Å². The van der Waals surface area contributed by atoms with Gasteiger partial charge < -0.3 is 5.73 Å². The fourth-order valence-electron chi connectivity index (χ4n) is 1.19. The highest BCUT2D eigenvalue weighted by Crippen LogP contribution is 2.17. The summed E-state index contributed by atoms with van der Waals surface area (Å²) in [5.41, 5.74) is 5.96. The number of nitrogens with two attached hydrogens (primary N) is 1. The highest BCUT2D eigenvalue weighted by atomic mass is 32.1. The second kappa shape index (κ2) is 4.65. The van der Waals surface area contributed by atoms with Gasteiger partial charge >= 0.3 is 0 Å². The summed E-state index contributed by atoms with van der Waals surface area (Å²) in [7, 11) is 0. The van der Waals surface area contributed by atoms with Crippen LogP contribution in [0, 0.1) is 0 Å². The summed E-state index contributed by atoms with van der Waals surface area (Å²) in [4.78, 5) is 16.8. The van der Waals surface area contributed by atoms with Crippen LogP contribution in [-0.2, 0) is 6.42 Å². The Kier molecular flexibility index (Phi) is 3.25. The van der Waals surface area contributed by atoms with Gasteiger partial charge in [0.25, 0.3) is 0 Å². The van der Waals surface area contributed by atoms with Crippen LogP contribution in [0.4, 0.5) is 0 Å². The van der Waals surface area contributed by atoms with Crippen LogP contribution in [0.15, 0.2) is 22.9 Å². The van der Waals surface area contributed by atoms with E-state index in [4.69, 9.17) is 5.73 Å². The first-order chi connectivity index (χ1) is 7.31. The van der Waals surface area contributed by atoms with E-state index < -0.39 is 0 Å². The van der Waals surface area contributed by atoms with E-state index in [0.29, 0.717) is 12.2 Å². The van der Waals surface area contributed by atoms with E-state index >= 15 is 0 Å². The molecule has 0 saturated heterocycles. The second-order valence-electron chi connectivity index (χ2n) is 2.97. The molecule has 2 aromatic rings. The zero-order chi connectivity index (χ0) is 10.7. The minimum absolute atomic E-state index is 0.00419. The fraction of sp³-hybridized carbons (Fsp3) is 0.200. The van der Waals surface area contributed by atoms with Gasteiger partial charge in [0.05, 0.1) is 9.88 Å². The highest BCUT2D eigenvalue weighted by Gasteiger charge is 2.13. The van der Waals surface area contributed by atoms with Crippen molar-refractivity contribution in [2.45, 2.75) is 6.42 Å². The predicted molar refractivity (Wildman–Crippen MR) is 62.6 cm³/mol. The van der Waals surface area contributed by atoms with Crippen molar-refractivity contribution in [2.75, 3.05) is 6.54 Å². The van der Waals surface area contributed by atoms with E-state index in [1.807, 2.05) is 17.5 Å². The van der Waals surface area contributed by atoms with Crippen LogP contribution in [0.1, 0.15) is 20.4 Å². The zero-order valence-corrected chi connectivity index (χ0v) is 9.61. The van der Waals surface area contributed by atoms with Crippen LogP contribution >= 0.6 is 22.7 Å². The van der Waals surface area contributed by atoms with Crippen LogP contribution in [-0.4, -0.2) is 17.3 Å². The topological polar surface area (TPSA) is 56.0 Å². The lowest BCUT2D eigenvalue weighted by molar-refractivity contribution is 0.103. The molecule has 0 unspecified atom stereocenters. The number of thiazole rings is 1. The molecule has 2 heterocycles. The summed E-state index contributed by atoms with van der Waals surface area (Å²) in [6, 6.07) is 3.68. The largest absolute Gasteiger partial charge is 0.330 e. The number of hydrogen-bond donors (Lipinski definition) is 1. The molecule has 2 aromatic heterocycles. The first-order valence-electron chi connectivity index (χ1n) is 4.54. The summed E-state index contributed by atoms with van der Waals surface area (Å²) in [6.45, 7) is 0.570. The Morgan fingerprint density at radius 1 is 1.47 bits per heavy atom. The van der Waals surface area contributed by atoms with Crippen molar-refractivity contribution in [1.82, 2.24) is 4.98 Å². The number of hydrogen-bond acceptors (Lipinski definition) is 5. The zero-order valence-electron chi connectivity index (χ0n) is 7.97. The van der Waals surface area contributed by atoms with Gasteiger partial charge in [0.1, 0.15) is 5.69 Å². The van der Waals surface area contributed by atoms with Crippen molar-refractivity contribution in [3.8, 4) is 0 Å². The third-order valence-electron chi connectivity index (χ3n) is 1.89. The number of carbonyl (C=O) groups excluding carboxylic acids is 1. The first kappa shape index (κ1) is 10.5. The van der Waals surface area contributed by atoms with Crippen LogP contribution in [0.25, 0.3) is 0 Å². The van der Waals surface area contributed by atoms with Gasteiger partial charge in [-0.25, -0.2) is 4.98 Å². The van der Waals surface area contributed by atoms with E-state index in [2.05, 4.69) is 4.98 Å². The van der Waals surface area contributed by atoms with Gasteiger partial charge in [-0.2, -0.15) is 0 Å². The summed E-state index contributed by atoms with van der Waals surface area (Å²) in [5.74, 6) is 0.00419. The van der Waals surface area contributed by atoms with Gasteiger partial charge in [0, 0.05) is 11.8 Å². The number of thiophene rings is 1. The average Bonchev–Trinajstić information content (AvgIpc) is 2.87. The smallest absolute Gasteiger partial charge is 0.222 e. The molecular formula is C10H10N2OS2. The monoisotopic (exact) mass is 238 g/mol. The van der Waals surface area contributed by atoms with Crippen LogP contribution in [0.3, 0.4) is 0 Å². The van der Waals surface area contributed by atoms with Crippen molar-refractivity contribution < 1.29 is 4.79 Å². The van der Waals surface area contributed by atoms with Crippen molar-refractivity contribution in [2.24, 2.45) is 5.73 Å². The summed E-state index contributed by atoms with van der Waals surface area (Å²) < 4.78 is 0. The first-order valence-corrected chi connectivity index (χ1v) is 6.30. The maximum atomic E-state index is 11.8. The van der Waals surface area contributed by atoms with Crippen molar-refractivity contribution in [3.63, 3.8) is 0 Å². The van der Waals surface area contributed by atoms with E-state index in [1.54, 1.807) is 5.38 Å². The Bertz CT molecular complexity index is 448. The van der Waals surface area contributed by atoms with E-state index in [0.717, 1.165) is 16.3 Å². The molecule has 0 aromatic carbocycles. The van der Waals surface area contributed by atoms with E-state index in [-0.39, 0.29) is 5.78 Å². The Labute approximate surface area is 95.6 Å². The summed E-state index contributed by atoms with van der Waals surface area (Å²) in [5, 5.41) is 4.62. The SMILES string of the molecule is NCCc1nc(C(=O)c2cccs2)cs1. The lowest BCUT2D eigenvalue weighted by atomic mass is 10.2. The Balaban J connectivity index is 2.19. The molecule has 78 valence electrons. The molecule has 5 heteroatoms. The third-order valence-corrected chi connectivity index (χ3v) is 3.66. The van der Waals surface area contributed by atoms with Crippen molar-refractivity contribution >= 4 is 28.5 Å². The number of ketones is 1. The molecule has 0 aliphatic heterocycles. The highest BCUT2D eigenvalue weighted by molar-refractivity contribution is 7.12. The Hall–Kier alpha value is -1.04. The maximum Gasteiger partial charge on any atom is 0.222 e. The number of aromatic nitrogens is 1. The van der Waals surface area contributed by atoms with Gasteiger partial charge in [-0.05, 0) is 18.0 Å². The maximum absolute atomic E-state index is 11.8.